The second-order valence-corrected chi connectivity index (χ2v) is 4.88. The molecular weight excluding hydrogens is 235 g/mol. The Kier molecular flexibility index (Phi) is 4.19. The van der Waals surface area contributed by atoms with Crippen LogP contribution in [0.15, 0.2) is 18.2 Å². The molecule has 3 unspecified atom stereocenters. The van der Waals surface area contributed by atoms with Gasteiger partial charge >= 0.3 is 0 Å². The highest BCUT2D eigenvalue weighted by atomic mass is 19.1. The molecule has 2 rings (SSSR count). The van der Waals surface area contributed by atoms with Crippen LogP contribution < -0.4 is 4.74 Å². The Morgan fingerprint density at radius 3 is 2.89 bits per heavy atom. The summed E-state index contributed by atoms with van der Waals surface area (Å²) >= 11 is 0. The van der Waals surface area contributed by atoms with Crippen LogP contribution in [0.3, 0.4) is 0 Å². The number of aliphatic hydroxyl groups is 1. The maximum Gasteiger partial charge on any atom is 0.165 e. The summed E-state index contributed by atoms with van der Waals surface area (Å²) in [7, 11) is 1.43. The smallest absolute Gasteiger partial charge is 0.165 e. The molecule has 0 spiro atoms. The lowest BCUT2D eigenvalue weighted by atomic mass is 9.94. The van der Waals surface area contributed by atoms with Gasteiger partial charge in [-0.25, -0.2) is 4.39 Å². The first kappa shape index (κ1) is 13.3. The molecule has 1 heterocycles. The predicted molar refractivity (Wildman–Crippen MR) is 66.2 cm³/mol. The highest BCUT2D eigenvalue weighted by molar-refractivity contribution is 5.29. The van der Waals surface area contributed by atoms with E-state index in [0.29, 0.717) is 13.0 Å². The van der Waals surface area contributed by atoms with Crippen LogP contribution in [0.4, 0.5) is 4.39 Å². The van der Waals surface area contributed by atoms with Crippen LogP contribution in [-0.4, -0.2) is 31.0 Å². The van der Waals surface area contributed by atoms with Crippen molar-refractivity contribution in [3.05, 3.63) is 29.6 Å². The number of hydrogen-bond donors (Lipinski definition) is 1. The Bertz CT molecular complexity index is 408. The van der Waals surface area contributed by atoms with Gasteiger partial charge in [-0.15, -0.1) is 0 Å². The molecule has 1 fully saturated rings. The lowest BCUT2D eigenvalue weighted by Crippen LogP contribution is -2.23. The topological polar surface area (TPSA) is 38.7 Å². The molecular formula is C14H19FO3. The summed E-state index contributed by atoms with van der Waals surface area (Å²) in [6.45, 7) is 2.58. The second kappa shape index (κ2) is 5.67. The van der Waals surface area contributed by atoms with Crippen LogP contribution >= 0.6 is 0 Å². The Hall–Kier alpha value is -1.13. The van der Waals surface area contributed by atoms with Gasteiger partial charge in [-0.1, -0.05) is 6.07 Å². The number of benzene rings is 1. The van der Waals surface area contributed by atoms with E-state index in [1.807, 2.05) is 6.92 Å². The Morgan fingerprint density at radius 2 is 2.33 bits per heavy atom. The van der Waals surface area contributed by atoms with Crippen molar-refractivity contribution in [1.29, 1.82) is 0 Å². The van der Waals surface area contributed by atoms with E-state index in [1.54, 1.807) is 12.1 Å². The number of halogens is 1. The van der Waals surface area contributed by atoms with Crippen LogP contribution in [0.25, 0.3) is 0 Å². The fourth-order valence-corrected chi connectivity index (χ4v) is 2.36. The van der Waals surface area contributed by atoms with Crippen molar-refractivity contribution in [3.8, 4) is 5.75 Å². The molecule has 18 heavy (non-hydrogen) atoms. The van der Waals surface area contributed by atoms with Crippen LogP contribution in [0.1, 0.15) is 18.9 Å². The molecule has 100 valence electrons. The first-order valence-corrected chi connectivity index (χ1v) is 6.22. The molecule has 1 saturated heterocycles. The summed E-state index contributed by atoms with van der Waals surface area (Å²) in [6.07, 6.45) is 1.03. The van der Waals surface area contributed by atoms with Crippen LogP contribution in [0.2, 0.25) is 0 Å². The monoisotopic (exact) mass is 254 g/mol. The van der Waals surface area contributed by atoms with Gasteiger partial charge in [0.15, 0.2) is 11.6 Å². The molecule has 1 N–H and O–H groups in total. The largest absolute Gasteiger partial charge is 0.494 e. The van der Waals surface area contributed by atoms with Crippen molar-refractivity contribution in [3.63, 3.8) is 0 Å². The van der Waals surface area contributed by atoms with Gasteiger partial charge in [0.2, 0.25) is 0 Å². The maximum atomic E-state index is 13.5. The average molecular weight is 254 g/mol. The molecule has 0 aromatic heterocycles. The van der Waals surface area contributed by atoms with Gasteiger partial charge in [-0.2, -0.15) is 0 Å². The lowest BCUT2D eigenvalue weighted by molar-refractivity contribution is 0.0806. The standard InChI is InChI=1S/C14H19FO3/c1-9-5-11(8-18-9)13(16)7-10-3-4-14(17-2)12(15)6-10/h3-4,6,9,11,13,16H,5,7-8H2,1-2H3. The molecule has 1 aliphatic rings. The average Bonchev–Trinajstić information content (AvgIpc) is 2.76. The van der Waals surface area contributed by atoms with Crippen molar-refractivity contribution in [2.45, 2.75) is 32.0 Å². The zero-order valence-electron chi connectivity index (χ0n) is 10.7. The Labute approximate surface area is 107 Å². The third-order valence-electron chi connectivity index (χ3n) is 3.43. The van der Waals surface area contributed by atoms with Crippen LogP contribution in [0, 0.1) is 11.7 Å². The highest BCUT2D eigenvalue weighted by Crippen LogP contribution is 2.25. The zero-order chi connectivity index (χ0) is 13.1. The van der Waals surface area contributed by atoms with E-state index in [4.69, 9.17) is 9.47 Å². The van der Waals surface area contributed by atoms with E-state index in [9.17, 15) is 9.50 Å². The van der Waals surface area contributed by atoms with Crippen molar-refractivity contribution < 1.29 is 19.0 Å². The molecule has 0 saturated carbocycles. The highest BCUT2D eigenvalue weighted by Gasteiger charge is 2.28. The van der Waals surface area contributed by atoms with Gasteiger partial charge in [0, 0.05) is 5.92 Å². The molecule has 0 bridgehead atoms. The van der Waals surface area contributed by atoms with Crippen molar-refractivity contribution in [2.24, 2.45) is 5.92 Å². The van der Waals surface area contributed by atoms with Gasteiger partial charge in [-0.05, 0) is 37.5 Å². The number of aliphatic hydroxyl groups excluding tert-OH is 1. The molecule has 0 amide bonds. The molecule has 1 aromatic carbocycles. The van der Waals surface area contributed by atoms with Crippen molar-refractivity contribution in [1.82, 2.24) is 0 Å². The fourth-order valence-electron chi connectivity index (χ4n) is 2.36. The van der Waals surface area contributed by atoms with Gasteiger partial charge in [0.25, 0.3) is 0 Å². The summed E-state index contributed by atoms with van der Waals surface area (Å²) in [4.78, 5) is 0. The number of hydrogen-bond acceptors (Lipinski definition) is 3. The normalized spacial score (nSPS) is 25.1. The summed E-state index contributed by atoms with van der Waals surface area (Å²) in [6, 6.07) is 4.79. The fraction of sp³-hybridized carbons (Fsp3) is 0.571. The van der Waals surface area contributed by atoms with E-state index < -0.39 is 11.9 Å². The lowest BCUT2D eigenvalue weighted by Gasteiger charge is -2.16. The molecule has 3 nitrogen and oxygen atoms in total. The molecule has 0 aliphatic carbocycles. The molecule has 3 atom stereocenters. The third kappa shape index (κ3) is 3.00. The van der Waals surface area contributed by atoms with Gasteiger partial charge in [0.05, 0.1) is 25.9 Å². The summed E-state index contributed by atoms with van der Waals surface area (Å²) < 4.78 is 23.8. The van der Waals surface area contributed by atoms with E-state index >= 15 is 0 Å². The zero-order valence-corrected chi connectivity index (χ0v) is 10.7. The van der Waals surface area contributed by atoms with E-state index in [1.165, 1.54) is 13.2 Å². The number of rotatable bonds is 4. The minimum absolute atomic E-state index is 0.144. The van der Waals surface area contributed by atoms with Gasteiger partial charge < -0.3 is 14.6 Å². The minimum atomic E-state index is -0.484. The minimum Gasteiger partial charge on any atom is -0.494 e. The third-order valence-corrected chi connectivity index (χ3v) is 3.43. The Balaban J connectivity index is 1.98. The van der Waals surface area contributed by atoms with Crippen molar-refractivity contribution in [2.75, 3.05) is 13.7 Å². The summed E-state index contributed by atoms with van der Waals surface area (Å²) in [5.74, 6) is -0.0190. The van der Waals surface area contributed by atoms with Crippen molar-refractivity contribution >= 4 is 0 Å². The SMILES string of the molecule is COc1ccc(CC(O)C2COC(C)C2)cc1F. The van der Waals surface area contributed by atoms with E-state index in [2.05, 4.69) is 0 Å². The van der Waals surface area contributed by atoms with Crippen LogP contribution in [-0.2, 0) is 11.2 Å². The number of methoxy groups -OCH3 is 1. The molecule has 1 aromatic rings. The first-order valence-electron chi connectivity index (χ1n) is 6.22. The number of ether oxygens (including phenoxy) is 2. The van der Waals surface area contributed by atoms with E-state index in [0.717, 1.165) is 12.0 Å². The quantitative estimate of drug-likeness (QED) is 0.895. The van der Waals surface area contributed by atoms with Crippen LogP contribution in [0.5, 0.6) is 5.75 Å². The Morgan fingerprint density at radius 1 is 1.56 bits per heavy atom. The maximum absolute atomic E-state index is 13.5. The summed E-state index contributed by atoms with van der Waals surface area (Å²) in [5, 5.41) is 10.1. The van der Waals surface area contributed by atoms with E-state index in [-0.39, 0.29) is 17.8 Å². The summed E-state index contributed by atoms with van der Waals surface area (Å²) in [5.41, 5.74) is 0.778. The van der Waals surface area contributed by atoms with Gasteiger partial charge in [0.1, 0.15) is 0 Å². The first-order chi connectivity index (χ1) is 8.60. The second-order valence-electron chi connectivity index (χ2n) is 4.88. The predicted octanol–water partition coefficient (Wildman–Crippen LogP) is 2.16. The molecule has 4 heteroatoms. The molecule has 1 aliphatic heterocycles. The molecule has 0 radical (unpaired) electrons. The van der Waals surface area contributed by atoms with Gasteiger partial charge in [-0.3, -0.25) is 0 Å².